The van der Waals surface area contributed by atoms with E-state index in [0.29, 0.717) is 11.8 Å². The molecule has 0 aliphatic heterocycles. The molecule has 3 fully saturated rings. The Bertz CT molecular complexity index is 717. The van der Waals surface area contributed by atoms with E-state index < -0.39 is 19.7 Å². The zero-order chi connectivity index (χ0) is 17.7. The van der Waals surface area contributed by atoms with E-state index in [-0.39, 0.29) is 11.3 Å². The van der Waals surface area contributed by atoms with Crippen LogP contribution in [0.15, 0.2) is 60.7 Å². The molecule has 2 nitrogen and oxygen atoms in total. The van der Waals surface area contributed by atoms with Gasteiger partial charge in [0.1, 0.15) is 0 Å². The first-order valence-corrected chi connectivity index (χ1v) is 10.1. The first-order valence-electron chi connectivity index (χ1n) is 9.20. The Morgan fingerprint density at radius 1 is 0.960 bits per heavy atom. The molecule has 1 N–H and O–H groups in total. The van der Waals surface area contributed by atoms with Crippen LogP contribution in [-0.2, 0) is 9.72 Å². The van der Waals surface area contributed by atoms with Crippen LogP contribution in [0.3, 0.4) is 0 Å². The van der Waals surface area contributed by atoms with Gasteiger partial charge in [-0.25, -0.2) is 0 Å². The first-order chi connectivity index (χ1) is 12.0. The third kappa shape index (κ3) is 2.34. The van der Waals surface area contributed by atoms with E-state index in [0.717, 1.165) is 24.0 Å². The summed E-state index contributed by atoms with van der Waals surface area (Å²) in [5.41, 5.74) is 2.32. The Hall–Kier alpha value is -1.50. The maximum atomic E-state index is 12.9. The summed E-state index contributed by atoms with van der Waals surface area (Å²) in [4.78, 5) is 0. The van der Waals surface area contributed by atoms with Crippen molar-refractivity contribution in [3.8, 4) is 0 Å². The molecule has 5 rings (SSSR count). The summed E-state index contributed by atoms with van der Waals surface area (Å²) in [6, 6.07) is 20.3. The van der Waals surface area contributed by atoms with Gasteiger partial charge in [0.15, 0.2) is 0 Å². The predicted molar refractivity (Wildman–Crippen MR) is 102 cm³/mol. The van der Waals surface area contributed by atoms with Crippen LogP contribution in [0.1, 0.15) is 37.8 Å². The van der Waals surface area contributed by atoms with Crippen LogP contribution in [0, 0.1) is 23.2 Å². The lowest BCUT2D eigenvalue weighted by Crippen LogP contribution is -2.62. The van der Waals surface area contributed by atoms with Crippen molar-refractivity contribution in [2.75, 3.05) is 0 Å². The van der Waals surface area contributed by atoms with Gasteiger partial charge in [0, 0.05) is 17.0 Å². The SMILES string of the molecule is CC1(C)C2CC1[C@H](C([PH+]=O)(c1ccccc1)c1ccccc1)[C@H](O)C2. The molecule has 3 aliphatic carbocycles. The summed E-state index contributed by atoms with van der Waals surface area (Å²) in [6.45, 7) is 4.64. The summed E-state index contributed by atoms with van der Waals surface area (Å²) >= 11 is 0. The highest BCUT2D eigenvalue weighted by atomic mass is 31.1. The molecule has 0 aromatic heterocycles. The van der Waals surface area contributed by atoms with Crippen molar-refractivity contribution in [2.24, 2.45) is 23.2 Å². The van der Waals surface area contributed by atoms with Gasteiger partial charge in [-0.1, -0.05) is 79.1 Å². The Labute approximate surface area is 151 Å². The lowest BCUT2D eigenvalue weighted by molar-refractivity contribution is -0.168. The summed E-state index contributed by atoms with van der Waals surface area (Å²) < 4.78 is 12.9. The second-order valence-corrected chi connectivity index (χ2v) is 9.32. The highest BCUT2D eigenvalue weighted by Crippen LogP contribution is 2.67. The van der Waals surface area contributed by atoms with Gasteiger partial charge in [-0.15, -0.1) is 0 Å². The zero-order valence-electron chi connectivity index (χ0n) is 14.9. The standard InChI is InChI=1S/C22H25O2P/c1-21(2)17-13-18(21)20(19(23)14-17)22(25-24,15-9-5-3-6-10-15)16-11-7-4-8-12-16/h3-12,17-20,23H,13-14H2,1-2H3/p+1/t17?,18?,19-,20+/m1/s1. The van der Waals surface area contributed by atoms with E-state index in [1.807, 2.05) is 36.4 Å². The molecule has 3 aliphatic rings. The third-order valence-electron chi connectivity index (χ3n) is 7.04. The molecule has 3 unspecified atom stereocenters. The molecular weight excluding hydrogens is 327 g/mol. The fourth-order valence-electron chi connectivity index (χ4n) is 5.50. The summed E-state index contributed by atoms with van der Waals surface area (Å²) in [5.74, 6) is 0.958. The van der Waals surface area contributed by atoms with Crippen LogP contribution in [0.5, 0.6) is 0 Å². The fourth-order valence-corrected chi connectivity index (χ4v) is 6.60. The van der Waals surface area contributed by atoms with Gasteiger partial charge in [0.05, 0.1) is 6.10 Å². The number of benzene rings is 2. The normalized spacial score (nSPS) is 30.7. The molecule has 0 spiro atoms. The summed E-state index contributed by atoms with van der Waals surface area (Å²) in [6.07, 6.45) is 1.55. The average Bonchev–Trinajstić information content (AvgIpc) is 2.65. The summed E-state index contributed by atoms with van der Waals surface area (Å²) in [5, 5.41) is 10.4. The van der Waals surface area contributed by atoms with E-state index in [1.165, 1.54) is 0 Å². The first kappa shape index (κ1) is 16.9. The van der Waals surface area contributed by atoms with Crippen molar-refractivity contribution in [1.29, 1.82) is 0 Å². The van der Waals surface area contributed by atoms with Gasteiger partial charge < -0.3 is 5.11 Å². The molecule has 3 heteroatoms. The van der Waals surface area contributed by atoms with Crippen molar-refractivity contribution in [1.82, 2.24) is 0 Å². The van der Waals surface area contributed by atoms with Gasteiger partial charge in [0.25, 0.3) is 0 Å². The Balaban J connectivity index is 1.93. The van der Waals surface area contributed by atoms with E-state index in [2.05, 4.69) is 38.1 Å². The monoisotopic (exact) mass is 353 g/mol. The molecular formula is C22H26O2P+. The number of hydrogen-bond acceptors (Lipinski definition) is 2. The minimum Gasteiger partial charge on any atom is -0.393 e. The lowest BCUT2D eigenvalue weighted by Gasteiger charge is -2.63. The van der Waals surface area contributed by atoms with Crippen molar-refractivity contribution < 1.29 is 9.67 Å². The number of hydrogen-bond donors (Lipinski definition) is 1. The maximum absolute atomic E-state index is 12.9. The fraction of sp³-hybridized carbons (Fsp3) is 0.455. The predicted octanol–water partition coefficient (Wildman–Crippen LogP) is 5.00. The van der Waals surface area contributed by atoms with Gasteiger partial charge in [-0.3, -0.25) is 0 Å². The molecule has 0 saturated heterocycles. The van der Waals surface area contributed by atoms with Gasteiger partial charge in [-0.05, 0) is 30.1 Å². The van der Waals surface area contributed by atoms with Crippen molar-refractivity contribution in [2.45, 2.75) is 37.9 Å². The van der Waals surface area contributed by atoms with Crippen LogP contribution in [0.25, 0.3) is 0 Å². The largest absolute Gasteiger partial charge is 0.393 e. The summed E-state index contributed by atoms with van der Waals surface area (Å²) in [7, 11) is -0.532. The van der Waals surface area contributed by atoms with Gasteiger partial charge in [-0.2, -0.15) is 0 Å². The molecule has 2 bridgehead atoms. The maximum Gasteiger partial charge on any atom is 0.341 e. The second kappa shape index (κ2) is 6.04. The van der Waals surface area contributed by atoms with E-state index >= 15 is 0 Å². The number of aliphatic hydroxyl groups is 1. The highest BCUT2D eigenvalue weighted by molar-refractivity contribution is 7.26. The number of aliphatic hydroxyl groups excluding tert-OH is 1. The molecule has 2 aromatic rings. The molecule has 2 aromatic carbocycles. The van der Waals surface area contributed by atoms with Crippen LogP contribution in [0.2, 0.25) is 0 Å². The van der Waals surface area contributed by atoms with Gasteiger partial charge >= 0.3 is 8.46 Å². The van der Waals surface area contributed by atoms with E-state index in [4.69, 9.17) is 0 Å². The Morgan fingerprint density at radius 2 is 1.48 bits per heavy atom. The minimum atomic E-state index is -0.644. The van der Waals surface area contributed by atoms with Crippen LogP contribution in [-0.4, -0.2) is 11.2 Å². The van der Waals surface area contributed by atoms with Crippen molar-refractivity contribution in [3.05, 3.63) is 71.8 Å². The highest BCUT2D eigenvalue weighted by Gasteiger charge is 2.66. The molecule has 3 saturated carbocycles. The molecule has 0 amide bonds. The molecule has 5 atom stereocenters. The smallest absolute Gasteiger partial charge is 0.341 e. The number of fused-ring (bicyclic) bond motifs is 2. The topological polar surface area (TPSA) is 37.3 Å². The lowest BCUT2D eigenvalue weighted by atomic mass is 9.42. The molecule has 25 heavy (non-hydrogen) atoms. The van der Waals surface area contributed by atoms with Gasteiger partial charge in [0.2, 0.25) is 5.16 Å². The van der Waals surface area contributed by atoms with E-state index in [1.54, 1.807) is 0 Å². The van der Waals surface area contributed by atoms with Crippen molar-refractivity contribution >= 4 is 8.46 Å². The van der Waals surface area contributed by atoms with Crippen LogP contribution >= 0.6 is 8.46 Å². The Morgan fingerprint density at radius 3 is 1.92 bits per heavy atom. The quantitative estimate of drug-likeness (QED) is 0.786. The second-order valence-electron chi connectivity index (χ2n) is 8.33. The zero-order valence-corrected chi connectivity index (χ0v) is 15.9. The average molecular weight is 353 g/mol. The third-order valence-corrected chi connectivity index (χ3v) is 8.27. The molecule has 0 heterocycles. The van der Waals surface area contributed by atoms with Crippen molar-refractivity contribution in [3.63, 3.8) is 0 Å². The van der Waals surface area contributed by atoms with E-state index in [9.17, 15) is 9.67 Å². The van der Waals surface area contributed by atoms with Crippen LogP contribution < -0.4 is 0 Å². The minimum absolute atomic E-state index is 0.0202. The molecule has 0 radical (unpaired) electrons. The number of rotatable bonds is 4. The van der Waals surface area contributed by atoms with Crippen LogP contribution in [0.4, 0.5) is 0 Å². The molecule has 130 valence electrons. The Kier molecular flexibility index (Phi) is 4.09.